The van der Waals surface area contributed by atoms with Crippen molar-refractivity contribution in [1.82, 2.24) is 14.8 Å². The van der Waals surface area contributed by atoms with E-state index in [1.165, 1.54) is 24.8 Å². The van der Waals surface area contributed by atoms with Crippen LogP contribution in [0.25, 0.3) is 0 Å². The molecule has 2 aliphatic heterocycles. The van der Waals surface area contributed by atoms with E-state index in [4.69, 9.17) is 0 Å². The number of anilines is 1. The van der Waals surface area contributed by atoms with Gasteiger partial charge in [-0.3, -0.25) is 9.69 Å². The van der Waals surface area contributed by atoms with Crippen molar-refractivity contribution >= 4 is 11.7 Å². The summed E-state index contributed by atoms with van der Waals surface area (Å²) in [7, 11) is 0. The standard InChI is InChI=1S/C22H28N4O/c27-22(20-9-10-23-21(17-20)25-11-5-2-6-12-25)26-15-13-24(14-16-26)18-19-7-3-1-4-8-19/h1,3-4,7-10,17H,2,5-6,11-16,18H2. The summed E-state index contributed by atoms with van der Waals surface area (Å²) in [6, 6.07) is 14.4. The summed E-state index contributed by atoms with van der Waals surface area (Å²) in [6.07, 6.45) is 5.50. The van der Waals surface area contributed by atoms with Gasteiger partial charge in [0.1, 0.15) is 5.82 Å². The second-order valence-corrected chi connectivity index (χ2v) is 7.50. The van der Waals surface area contributed by atoms with Gasteiger partial charge in [0.25, 0.3) is 5.91 Å². The zero-order valence-electron chi connectivity index (χ0n) is 15.9. The van der Waals surface area contributed by atoms with Crippen molar-refractivity contribution in [3.63, 3.8) is 0 Å². The Morgan fingerprint density at radius 3 is 2.37 bits per heavy atom. The van der Waals surface area contributed by atoms with Crippen LogP contribution < -0.4 is 4.90 Å². The maximum Gasteiger partial charge on any atom is 0.254 e. The topological polar surface area (TPSA) is 39.7 Å². The normalized spacial score (nSPS) is 18.5. The molecule has 0 unspecified atom stereocenters. The molecule has 4 rings (SSSR count). The van der Waals surface area contributed by atoms with Crippen LogP contribution in [0.3, 0.4) is 0 Å². The van der Waals surface area contributed by atoms with E-state index >= 15 is 0 Å². The molecular formula is C22H28N4O. The number of carbonyl (C=O) groups is 1. The number of rotatable bonds is 4. The van der Waals surface area contributed by atoms with Gasteiger partial charge in [-0.25, -0.2) is 4.98 Å². The van der Waals surface area contributed by atoms with Gasteiger partial charge in [0.15, 0.2) is 0 Å². The van der Waals surface area contributed by atoms with Crippen molar-refractivity contribution in [3.05, 3.63) is 59.8 Å². The van der Waals surface area contributed by atoms with E-state index in [0.29, 0.717) is 0 Å². The fourth-order valence-corrected chi connectivity index (χ4v) is 3.98. The van der Waals surface area contributed by atoms with Crippen molar-refractivity contribution in [2.75, 3.05) is 44.2 Å². The van der Waals surface area contributed by atoms with E-state index in [-0.39, 0.29) is 5.91 Å². The van der Waals surface area contributed by atoms with Crippen LogP contribution in [0.4, 0.5) is 5.82 Å². The lowest BCUT2D eigenvalue weighted by Crippen LogP contribution is -2.48. The lowest BCUT2D eigenvalue weighted by molar-refractivity contribution is 0.0628. The summed E-state index contributed by atoms with van der Waals surface area (Å²) in [6.45, 7) is 6.46. The number of hydrogen-bond acceptors (Lipinski definition) is 4. The number of pyridine rings is 1. The predicted octanol–water partition coefficient (Wildman–Crippen LogP) is 3.03. The van der Waals surface area contributed by atoms with Gasteiger partial charge in [0, 0.05) is 57.6 Å². The Hall–Kier alpha value is -2.40. The fourth-order valence-electron chi connectivity index (χ4n) is 3.98. The first-order valence-electron chi connectivity index (χ1n) is 10.1. The van der Waals surface area contributed by atoms with Gasteiger partial charge in [-0.2, -0.15) is 0 Å². The number of benzene rings is 1. The highest BCUT2D eigenvalue weighted by Crippen LogP contribution is 2.19. The molecule has 1 aromatic heterocycles. The highest BCUT2D eigenvalue weighted by Gasteiger charge is 2.23. The predicted molar refractivity (Wildman–Crippen MR) is 108 cm³/mol. The van der Waals surface area contributed by atoms with Gasteiger partial charge in [-0.15, -0.1) is 0 Å². The van der Waals surface area contributed by atoms with E-state index in [1.54, 1.807) is 6.20 Å². The van der Waals surface area contributed by atoms with Gasteiger partial charge in [0.05, 0.1) is 0 Å². The number of carbonyl (C=O) groups excluding carboxylic acids is 1. The Morgan fingerprint density at radius 2 is 1.63 bits per heavy atom. The van der Waals surface area contributed by atoms with Crippen molar-refractivity contribution in [1.29, 1.82) is 0 Å². The van der Waals surface area contributed by atoms with Crippen LogP contribution in [0.15, 0.2) is 48.7 Å². The summed E-state index contributed by atoms with van der Waals surface area (Å²) >= 11 is 0. The molecule has 0 bridgehead atoms. The van der Waals surface area contributed by atoms with Crippen LogP contribution in [-0.2, 0) is 6.54 Å². The van der Waals surface area contributed by atoms with Gasteiger partial charge >= 0.3 is 0 Å². The Morgan fingerprint density at radius 1 is 0.889 bits per heavy atom. The molecule has 3 heterocycles. The quantitative estimate of drug-likeness (QED) is 0.836. The SMILES string of the molecule is O=C(c1ccnc(N2CCCCC2)c1)N1CCN(Cc2ccccc2)CC1. The third-order valence-electron chi connectivity index (χ3n) is 5.58. The molecule has 1 amide bonds. The second-order valence-electron chi connectivity index (χ2n) is 7.50. The number of nitrogens with zero attached hydrogens (tertiary/aromatic N) is 4. The molecule has 1 aromatic carbocycles. The third-order valence-corrected chi connectivity index (χ3v) is 5.58. The Balaban J connectivity index is 1.35. The Bertz CT molecular complexity index is 750. The molecule has 0 radical (unpaired) electrons. The molecule has 0 saturated carbocycles. The molecule has 0 aliphatic carbocycles. The largest absolute Gasteiger partial charge is 0.357 e. The van der Waals surface area contributed by atoms with Crippen molar-refractivity contribution in [2.24, 2.45) is 0 Å². The van der Waals surface area contributed by atoms with Crippen LogP contribution in [0, 0.1) is 0 Å². The monoisotopic (exact) mass is 364 g/mol. The zero-order valence-corrected chi connectivity index (χ0v) is 15.9. The summed E-state index contributed by atoms with van der Waals surface area (Å²) in [5.41, 5.74) is 2.10. The number of piperazine rings is 1. The van der Waals surface area contributed by atoms with Gasteiger partial charge in [-0.1, -0.05) is 30.3 Å². The molecule has 2 saturated heterocycles. The van der Waals surface area contributed by atoms with E-state index < -0.39 is 0 Å². The van der Waals surface area contributed by atoms with Crippen molar-refractivity contribution in [3.8, 4) is 0 Å². The lowest BCUT2D eigenvalue weighted by atomic mass is 10.1. The molecule has 2 fully saturated rings. The van der Waals surface area contributed by atoms with E-state index in [1.807, 2.05) is 23.1 Å². The van der Waals surface area contributed by atoms with E-state index in [0.717, 1.165) is 57.2 Å². The second kappa shape index (κ2) is 8.53. The average Bonchev–Trinajstić information content (AvgIpc) is 2.75. The maximum atomic E-state index is 13.0. The molecule has 142 valence electrons. The first kappa shape index (κ1) is 18.0. The molecule has 0 N–H and O–H groups in total. The smallest absolute Gasteiger partial charge is 0.254 e. The summed E-state index contributed by atoms with van der Waals surface area (Å²) in [5.74, 6) is 1.08. The minimum atomic E-state index is 0.134. The van der Waals surface area contributed by atoms with Crippen molar-refractivity contribution in [2.45, 2.75) is 25.8 Å². The molecule has 2 aromatic rings. The van der Waals surface area contributed by atoms with Crippen LogP contribution in [0.2, 0.25) is 0 Å². The van der Waals surface area contributed by atoms with Crippen LogP contribution in [0.1, 0.15) is 35.2 Å². The molecule has 5 nitrogen and oxygen atoms in total. The van der Waals surface area contributed by atoms with Crippen molar-refractivity contribution < 1.29 is 4.79 Å². The molecule has 0 spiro atoms. The van der Waals surface area contributed by atoms with E-state index in [9.17, 15) is 4.79 Å². The van der Waals surface area contributed by atoms with Gasteiger partial charge in [-0.05, 0) is 37.0 Å². The molecule has 2 aliphatic rings. The highest BCUT2D eigenvalue weighted by atomic mass is 16.2. The summed E-state index contributed by atoms with van der Waals surface area (Å²) < 4.78 is 0. The van der Waals surface area contributed by atoms with Crippen LogP contribution in [-0.4, -0.2) is 60.0 Å². The highest BCUT2D eigenvalue weighted by molar-refractivity contribution is 5.95. The Kier molecular flexibility index (Phi) is 5.68. The average molecular weight is 364 g/mol. The van der Waals surface area contributed by atoms with Crippen LogP contribution >= 0.6 is 0 Å². The summed E-state index contributed by atoms with van der Waals surface area (Å²) in [5, 5.41) is 0. The number of aromatic nitrogens is 1. The summed E-state index contributed by atoms with van der Waals surface area (Å²) in [4.78, 5) is 24.2. The molecular weight excluding hydrogens is 336 g/mol. The number of piperidine rings is 1. The minimum Gasteiger partial charge on any atom is -0.357 e. The van der Waals surface area contributed by atoms with Gasteiger partial charge in [0.2, 0.25) is 0 Å². The van der Waals surface area contributed by atoms with Crippen LogP contribution in [0.5, 0.6) is 0 Å². The lowest BCUT2D eigenvalue weighted by Gasteiger charge is -2.35. The first-order valence-corrected chi connectivity index (χ1v) is 10.1. The molecule has 5 heteroatoms. The minimum absolute atomic E-state index is 0.134. The fraction of sp³-hybridized carbons (Fsp3) is 0.455. The maximum absolute atomic E-state index is 13.0. The third kappa shape index (κ3) is 4.48. The van der Waals surface area contributed by atoms with E-state index in [2.05, 4.69) is 39.0 Å². The van der Waals surface area contributed by atoms with Gasteiger partial charge < -0.3 is 9.80 Å². The molecule has 0 atom stereocenters. The zero-order chi connectivity index (χ0) is 18.5. The first-order chi connectivity index (χ1) is 13.3. The number of hydrogen-bond donors (Lipinski definition) is 0. The number of amides is 1. The molecule has 27 heavy (non-hydrogen) atoms. The Labute approximate surface area is 161 Å².